The van der Waals surface area contributed by atoms with Crippen molar-refractivity contribution in [2.45, 2.75) is 5.88 Å². The highest BCUT2D eigenvalue weighted by Crippen LogP contribution is 2.23. The zero-order valence-corrected chi connectivity index (χ0v) is 14.2. The van der Waals surface area contributed by atoms with Crippen molar-refractivity contribution < 1.29 is 0 Å². The van der Waals surface area contributed by atoms with Crippen LogP contribution in [0.5, 0.6) is 0 Å². The topological polar surface area (TPSA) is 38.9 Å². The molecule has 0 aliphatic heterocycles. The monoisotopic (exact) mass is 346 g/mol. The van der Waals surface area contributed by atoms with E-state index in [4.69, 9.17) is 29.6 Å². The molecule has 0 aliphatic rings. The van der Waals surface area contributed by atoms with E-state index < -0.39 is 0 Å². The number of rotatable bonds is 3. The van der Waals surface area contributed by atoms with Gasteiger partial charge < -0.3 is 5.73 Å². The number of alkyl halides is 1. The van der Waals surface area contributed by atoms with E-state index in [2.05, 4.69) is 17.1 Å². The molecule has 0 unspecified atom stereocenters. The Morgan fingerprint density at radius 1 is 1.05 bits per heavy atom. The lowest BCUT2D eigenvalue weighted by Gasteiger charge is -1.92. The predicted molar refractivity (Wildman–Crippen MR) is 99.4 cm³/mol. The van der Waals surface area contributed by atoms with Gasteiger partial charge in [-0.2, -0.15) is 0 Å². The number of aromatic nitrogens is 1. The number of nitrogens with two attached hydrogens (primary N) is 1. The summed E-state index contributed by atoms with van der Waals surface area (Å²) in [4.78, 5) is 4.84. The van der Waals surface area contributed by atoms with Gasteiger partial charge in [-0.05, 0) is 0 Å². The molecule has 0 atom stereocenters. The van der Waals surface area contributed by atoms with Gasteiger partial charge in [-0.15, -0.1) is 22.9 Å². The maximum absolute atomic E-state index is 5.67. The Kier molecular flexibility index (Phi) is 6.52. The largest absolute Gasteiger partial charge is 0.389 e. The van der Waals surface area contributed by atoms with Crippen LogP contribution in [0.15, 0.2) is 66.0 Å². The molecule has 0 fully saturated rings. The predicted octanol–water partition coefficient (Wildman–Crippen LogP) is 4.87. The molecule has 0 saturated heterocycles. The SMILES string of the molecule is ClCc1csc(-c2ccccc2)n1.NC(=S)c1ccccc1. The van der Waals surface area contributed by atoms with E-state index in [1.165, 1.54) is 0 Å². The van der Waals surface area contributed by atoms with Crippen LogP contribution in [-0.2, 0) is 5.88 Å². The number of thiazole rings is 1. The van der Waals surface area contributed by atoms with Crippen LogP contribution < -0.4 is 5.73 Å². The molecule has 22 heavy (non-hydrogen) atoms. The molecule has 0 aliphatic carbocycles. The number of nitrogens with zero attached hydrogens (tertiary/aromatic N) is 1. The van der Waals surface area contributed by atoms with Crippen molar-refractivity contribution in [3.8, 4) is 10.6 Å². The van der Waals surface area contributed by atoms with Crippen LogP contribution in [0, 0.1) is 0 Å². The van der Waals surface area contributed by atoms with Crippen molar-refractivity contribution in [2.75, 3.05) is 0 Å². The average Bonchev–Trinajstić information content (AvgIpc) is 3.06. The maximum atomic E-state index is 5.67. The Hall–Kier alpha value is -1.75. The Labute approximate surface area is 144 Å². The van der Waals surface area contributed by atoms with Crippen molar-refractivity contribution in [3.63, 3.8) is 0 Å². The van der Waals surface area contributed by atoms with Crippen LogP contribution >= 0.6 is 35.2 Å². The minimum atomic E-state index is 0.454. The van der Waals surface area contributed by atoms with Gasteiger partial charge >= 0.3 is 0 Å². The van der Waals surface area contributed by atoms with Gasteiger partial charge in [0.25, 0.3) is 0 Å². The number of hydrogen-bond donors (Lipinski definition) is 1. The summed E-state index contributed by atoms with van der Waals surface area (Å²) in [5.41, 5.74) is 8.37. The third-order valence-corrected chi connectivity index (χ3v) is 4.22. The third kappa shape index (κ3) is 4.91. The molecule has 5 heteroatoms. The maximum Gasteiger partial charge on any atom is 0.123 e. The summed E-state index contributed by atoms with van der Waals surface area (Å²) in [5.74, 6) is 0.489. The molecule has 3 aromatic rings. The fourth-order valence-electron chi connectivity index (χ4n) is 1.68. The second kappa shape index (κ2) is 8.63. The summed E-state index contributed by atoms with van der Waals surface area (Å²) < 4.78 is 0. The van der Waals surface area contributed by atoms with Crippen LogP contribution in [0.2, 0.25) is 0 Å². The number of thiocarbonyl (C=S) groups is 1. The smallest absolute Gasteiger partial charge is 0.123 e. The van der Waals surface area contributed by atoms with Crippen LogP contribution in [0.4, 0.5) is 0 Å². The molecule has 1 aromatic heterocycles. The molecular formula is C17H15ClN2S2. The van der Waals surface area contributed by atoms with E-state index >= 15 is 0 Å². The van der Waals surface area contributed by atoms with Gasteiger partial charge in [0.1, 0.15) is 10.00 Å². The molecule has 0 amide bonds. The Morgan fingerprint density at radius 3 is 2.09 bits per heavy atom. The summed E-state index contributed by atoms with van der Waals surface area (Å²) >= 11 is 12.0. The van der Waals surface area contributed by atoms with Crippen LogP contribution in [-0.4, -0.2) is 9.97 Å². The number of benzene rings is 2. The van der Waals surface area contributed by atoms with E-state index in [0.29, 0.717) is 10.9 Å². The van der Waals surface area contributed by atoms with E-state index in [0.717, 1.165) is 21.8 Å². The first kappa shape index (κ1) is 16.6. The number of hydrogen-bond acceptors (Lipinski definition) is 3. The van der Waals surface area contributed by atoms with E-state index in [1.54, 1.807) is 11.3 Å². The quantitative estimate of drug-likeness (QED) is 0.543. The molecule has 1 heterocycles. The Balaban J connectivity index is 0.000000172. The average molecular weight is 347 g/mol. The van der Waals surface area contributed by atoms with Crippen molar-refractivity contribution in [1.29, 1.82) is 0 Å². The van der Waals surface area contributed by atoms with Crippen molar-refractivity contribution >= 4 is 40.1 Å². The molecule has 0 radical (unpaired) electrons. The van der Waals surface area contributed by atoms with Gasteiger partial charge in [0.15, 0.2) is 0 Å². The highest BCUT2D eigenvalue weighted by atomic mass is 35.5. The molecule has 0 spiro atoms. The first-order chi connectivity index (χ1) is 10.7. The zero-order valence-electron chi connectivity index (χ0n) is 11.8. The van der Waals surface area contributed by atoms with Gasteiger partial charge in [-0.1, -0.05) is 72.9 Å². The van der Waals surface area contributed by atoms with E-state index in [9.17, 15) is 0 Å². The molecule has 3 rings (SSSR count). The van der Waals surface area contributed by atoms with E-state index in [-0.39, 0.29) is 0 Å². The lowest BCUT2D eigenvalue weighted by atomic mass is 10.2. The minimum absolute atomic E-state index is 0.454. The van der Waals surface area contributed by atoms with Crippen LogP contribution in [0.25, 0.3) is 10.6 Å². The van der Waals surface area contributed by atoms with Crippen molar-refractivity contribution in [3.05, 3.63) is 77.3 Å². The van der Waals surface area contributed by atoms with Gasteiger partial charge in [0.05, 0.1) is 11.6 Å². The molecular weight excluding hydrogens is 332 g/mol. The molecule has 0 bridgehead atoms. The molecule has 2 aromatic carbocycles. The summed E-state index contributed by atoms with van der Waals surface area (Å²) in [5, 5.41) is 3.03. The van der Waals surface area contributed by atoms with Gasteiger partial charge in [0, 0.05) is 16.5 Å². The fraction of sp³-hybridized carbons (Fsp3) is 0.0588. The Bertz CT molecular complexity index is 712. The van der Waals surface area contributed by atoms with Gasteiger partial charge in [-0.25, -0.2) is 4.98 Å². The second-order valence-electron chi connectivity index (χ2n) is 4.37. The fourth-order valence-corrected chi connectivity index (χ4v) is 2.87. The van der Waals surface area contributed by atoms with Crippen molar-refractivity contribution in [1.82, 2.24) is 4.98 Å². The normalized spacial score (nSPS) is 9.68. The standard InChI is InChI=1S/C10H8ClNS.C7H7NS/c11-6-9-7-13-10(12-9)8-4-2-1-3-5-8;8-7(9)6-4-2-1-3-5-6/h1-5,7H,6H2;1-5H,(H2,8,9). The summed E-state index contributed by atoms with van der Waals surface area (Å²) in [6.07, 6.45) is 0. The van der Waals surface area contributed by atoms with Crippen molar-refractivity contribution in [2.24, 2.45) is 5.73 Å². The third-order valence-electron chi connectivity index (χ3n) is 2.77. The summed E-state index contributed by atoms with van der Waals surface area (Å²) in [6, 6.07) is 19.7. The lowest BCUT2D eigenvalue weighted by Crippen LogP contribution is -2.08. The molecule has 112 valence electrons. The number of halogens is 1. The zero-order chi connectivity index (χ0) is 15.8. The molecule has 2 N–H and O–H groups in total. The second-order valence-corrected chi connectivity index (χ2v) is 5.94. The summed E-state index contributed by atoms with van der Waals surface area (Å²) in [6.45, 7) is 0. The first-order valence-electron chi connectivity index (χ1n) is 6.61. The summed E-state index contributed by atoms with van der Waals surface area (Å²) in [7, 11) is 0. The molecule has 0 saturated carbocycles. The Morgan fingerprint density at radius 2 is 1.64 bits per heavy atom. The highest BCUT2D eigenvalue weighted by Gasteiger charge is 2.02. The van der Waals surface area contributed by atoms with E-state index in [1.807, 2.05) is 53.9 Å². The highest BCUT2D eigenvalue weighted by molar-refractivity contribution is 7.80. The van der Waals surface area contributed by atoms with Gasteiger partial charge in [0.2, 0.25) is 0 Å². The minimum Gasteiger partial charge on any atom is -0.389 e. The first-order valence-corrected chi connectivity index (χ1v) is 8.43. The lowest BCUT2D eigenvalue weighted by molar-refractivity contribution is 1.23. The molecule has 2 nitrogen and oxygen atoms in total. The van der Waals surface area contributed by atoms with Gasteiger partial charge in [-0.3, -0.25) is 0 Å². The van der Waals surface area contributed by atoms with Crippen LogP contribution in [0.3, 0.4) is 0 Å². The van der Waals surface area contributed by atoms with Crippen LogP contribution in [0.1, 0.15) is 11.3 Å².